The molecule has 1 unspecified atom stereocenters. The van der Waals surface area contributed by atoms with E-state index in [0.717, 1.165) is 5.56 Å². The van der Waals surface area contributed by atoms with Crippen LogP contribution in [0.3, 0.4) is 0 Å². The summed E-state index contributed by atoms with van der Waals surface area (Å²) in [6.45, 7) is 6.03. The third-order valence-electron chi connectivity index (χ3n) is 6.61. The van der Waals surface area contributed by atoms with Crippen LogP contribution in [0.5, 0.6) is 11.6 Å². The van der Waals surface area contributed by atoms with Crippen molar-refractivity contribution in [3.05, 3.63) is 48.1 Å². The summed E-state index contributed by atoms with van der Waals surface area (Å²) in [6, 6.07) is 4.88. The van der Waals surface area contributed by atoms with Gasteiger partial charge in [0.1, 0.15) is 29.5 Å². The number of alkyl halides is 3. The first kappa shape index (κ1) is 32.7. The van der Waals surface area contributed by atoms with Gasteiger partial charge in [-0.2, -0.15) is 13.2 Å². The summed E-state index contributed by atoms with van der Waals surface area (Å²) in [7, 11) is 0. The molecule has 1 amide bonds. The first-order valence-corrected chi connectivity index (χ1v) is 14.6. The van der Waals surface area contributed by atoms with E-state index in [1.807, 2.05) is 6.92 Å². The summed E-state index contributed by atoms with van der Waals surface area (Å²) in [5.74, 6) is 0.294. The molecule has 0 radical (unpaired) electrons. The van der Waals surface area contributed by atoms with Crippen LogP contribution >= 0.6 is 11.6 Å². The molecule has 2 N–H and O–H groups in total. The van der Waals surface area contributed by atoms with Crippen molar-refractivity contribution >= 4 is 29.3 Å². The second-order valence-corrected chi connectivity index (χ2v) is 12.1. The molecule has 0 spiro atoms. The second kappa shape index (κ2) is 13.4. The smallest absolute Gasteiger partial charge is 0.422 e. The molecule has 3 heterocycles. The standard InChI is InChI=1S/C28H32ClF3N10O4/c1-16(12-41-15-35-39-40-41)45-23-7-17(5-6-21(23)29)18-10-33-25(34-11-18)37-22-13-42(38-24(22)44-14-28(30,31)32)20-8-19(9-20)36-26(43)46-27(2,3)4/h5-7,10-11,13,15-16,19-20H,8-9,12,14H2,1-4H3,(H,36,43)(H,33,34,37)/t16?,19-,20-. The van der Waals surface area contributed by atoms with Gasteiger partial charge in [-0.25, -0.2) is 19.4 Å². The Bertz CT molecular complexity index is 1620. The monoisotopic (exact) mass is 664 g/mol. The molecule has 5 rings (SSSR count). The number of anilines is 2. The molecule has 1 atom stereocenters. The van der Waals surface area contributed by atoms with Gasteiger partial charge in [-0.3, -0.25) is 4.68 Å². The predicted molar refractivity (Wildman–Crippen MR) is 159 cm³/mol. The van der Waals surface area contributed by atoms with Crippen molar-refractivity contribution in [2.45, 2.75) is 77.0 Å². The zero-order valence-corrected chi connectivity index (χ0v) is 26.1. The quantitative estimate of drug-likeness (QED) is 0.213. The number of carbonyl (C=O) groups excluding carboxylic acids is 1. The lowest BCUT2D eigenvalue weighted by Gasteiger charge is -2.36. The van der Waals surface area contributed by atoms with E-state index in [2.05, 4.69) is 41.2 Å². The number of amides is 1. The molecule has 1 fully saturated rings. The summed E-state index contributed by atoms with van der Waals surface area (Å²) in [6.07, 6.45) is 1.73. The average molecular weight is 665 g/mol. The van der Waals surface area contributed by atoms with Crippen LogP contribution in [0.2, 0.25) is 5.02 Å². The highest BCUT2D eigenvalue weighted by Gasteiger charge is 2.35. The SMILES string of the molecule is CC(Cn1cnnn1)Oc1cc(-c2cnc(Nc3cn([C@H]4C[C@H](NC(=O)OC(C)(C)C)C4)nc3OCC(F)(F)F)nc2)ccc1Cl. The van der Waals surface area contributed by atoms with Crippen LogP contribution in [0.1, 0.15) is 46.6 Å². The number of tetrazole rings is 1. The lowest BCUT2D eigenvalue weighted by molar-refractivity contribution is -0.154. The number of hydrogen-bond acceptors (Lipinski definition) is 11. The molecular weight excluding hydrogens is 633 g/mol. The van der Waals surface area contributed by atoms with Crippen molar-refractivity contribution in [3.8, 4) is 22.8 Å². The molecule has 1 aliphatic carbocycles. The minimum Gasteiger partial charge on any atom is -0.487 e. The van der Waals surface area contributed by atoms with Crippen molar-refractivity contribution in [2.75, 3.05) is 11.9 Å². The lowest BCUT2D eigenvalue weighted by atomic mass is 9.87. The predicted octanol–water partition coefficient (Wildman–Crippen LogP) is 5.36. The van der Waals surface area contributed by atoms with Gasteiger partial charge in [-0.05, 0) is 68.7 Å². The molecule has 3 aromatic heterocycles. The van der Waals surface area contributed by atoms with E-state index in [0.29, 0.717) is 35.7 Å². The fraction of sp³-hybridized carbons (Fsp3) is 0.464. The molecule has 0 aliphatic heterocycles. The van der Waals surface area contributed by atoms with E-state index in [4.69, 9.17) is 25.8 Å². The van der Waals surface area contributed by atoms with Crippen molar-refractivity contribution in [2.24, 2.45) is 0 Å². The fourth-order valence-corrected chi connectivity index (χ4v) is 4.68. The minimum absolute atomic E-state index is 0.110. The van der Waals surface area contributed by atoms with Gasteiger partial charge in [0.2, 0.25) is 5.95 Å². The number of nitrogens with zero attached hydrogens (tertiary/aromatic N) is 8. The summed E-state index contributed by atoms with van der Waals surface area (Å²) < 4.78 is 58.2. The average Bonchev–Trinajstić information content (AvgIpc) is 3.59. The van der Waals surface area contributed by atoms with Crippen LogP contribution in [0, 0.1) is 0 Å². The van der Waals surface area contributed by atoms with Crippen molar-refractivity contribution in [1.82, 2.24) is 45.3 Å². The van der Waals surface area contributed by atoms with Gasteiger partial charge in [0.25, 0.3) is 5.88 Å². The Balaban J connectivity index is 1.25. The number of hydrogen-bond donors (Lipinski definition) is 2. The third-order valence-corrected chi connectivity index (χ3v) is 6.92. The van der Waals surface area contributed by atoms with Gasteiger partial charge >= 0.3 is 12.3 Å². The second-order valence-electron chi connectivity index (χ2n) is 11.7. The highest BCUT2D eigenvalue weighted by Crippen LogP contribution is 2.37. The lowest BCUT2D eigenvalue weighted by Crippen LogP contribution is -2.46. The molecule has 1 aromatic carbocycles. The Hall–Kier alpha value is -4.67. The molecule has 1 saturated carbocycles. The van der Waals surface area contributed by atoms with Crippen LogP contribution in [0.4, 0.5) is 29.6 Å². The highest BCUT2D eigenvalue weighted by atomic mass is 35.5. The van der Waals surface area contributed by atoms with Crippen molar-refractivity contribution in [1.29, 1.82) is 0 Å². The van der Waals surface area contributed by atoms with Crippen molar-refractivity contribution < 1.29 is 32.2 Å². The maximum Gasteiger partial charge on any atom is 0.422 e. The van der Waals surface area contributed by atoms with Gasteiger partial charge in [0.15, 0.2) is 6.61 Å². The highest BCUT2D eigenvalue weighted by molar-refractivity contribution is 6.32. The molecule has 246 valence electrons. The number of nitrogens with one attached hydrogen (secondary N) is 2. The number of ether oxygens (including phenoxy) is 3. The summed E-state index contributed by atoms with van der Waals surface area (Å²) in [5.41, 5.74) is 0.882. The molecule has 0 saturated heterocycles. The summed E-state index contributed by atoms with van der Waals surface area (Å²) in [4.78, 5) is 20.7. The van der Waals surface area contributed by atoms with Gasteiger partial charge in [0, 0.05) is 24.0 Å². The van der Waals surface area contributed by atoms with E-state index in [9.17, 15) is 18.0 Å². The van der Waals surface area contributed by atoms with Gasteiger partial charge in [-0.1, -0.05) is 17.7 Å². The number of carbonyl (C=O) groups is 1. The summed E-state index contributed by atoms with van der Waals surface area (Å²) in [5, 5.41) is 21.4. The Morgan fingerprint density at radius 2 is 1.89 bits per heavy atom. The topological polar surface area (TPSA) is 156 Å². The van der Waals surface area contributed by atoms with Crippen LogP contribution < -0.4 is 20.1 Å². The molecule has 46 heavy (non-hydrogen) atoms. The van der Waals surface area contributed by atoms with E-state index >= 15 is 0 Å². The number of aromatic nitrogens is 8. The zero-order valence-electron chi connectivity index (χ0n) is 25.3. The third kappa shape index (κ3) is 8.95. The van der Waals surface area contributed by atoms with Gasteiger partial charge in [-0.15, -0.1) is 10.2 Å². The molecule has 0 bridgehead atoms. The maximum absolute atomic E-state index is 13.0. The first-order chi connectivity index (χ1) is 21.7. The van der Waals surface area contributed by atoms with Gasteiger partial charge in [0.05, 0.1) is 23.8 Å². The Morgan fingerprint density at radius 1 is 1.15 bits per heavy atom. The van der Waals surface area contributed by atoms with E-state index in [1.165, 1.54) is 21.9 Å². The maximum atomic E-state index is 13.0. The molecule has 1 aliphatic rings. The van der Waals surface area contributed by atoms with Crippen LogP contribution in [0.15, 0.2) is 43.1 Å². The van der Waals surface area contributed by atoms with Gasteiger partial charge < -0.3 is 24.8 Å². The molecule has 18 heteroatoms. The molecule has 14 nitrogen and oxygen atoms in total. The van der Waals surface area contributed by atoms with E-state index in [-0.39, 0.29) is 35.7 Å². The van der Waals surface area contributed by atoms with Crippen LogP contribution in [0.25, 0.3) is 11.1 Å². The Labute approximate surface area is 266 Å². The summed E-state index contributed by atoms with van der Waals surface area (Å²) >= 11 is 6.36. The zero-order chi connectivity index (χ0) is 33.1. The number of benzene rings is 1. The number of rotatable bonds is 11. The minimum atomic E-state index is -4.56. The molecular formula is C28H32ClF3N10O4. The van der Waals surface area contributed by atoms with E-state index in [1.54, 1.807) is 51.4 Å². The normalized spacial score (nSPS) is 17.1. The van der Waals surface area contributed by atoms with Crippen LogP contribution in [-0.2, 0) is 11.3 Å². The number of halogens is 4. The Kier molecular flexibility index (Phi) is 9.50. The largest absolute Gasteiger partial charge is 0.487 e. The van der Waals surface area contributed by atoms with E-state index < -0.39 is 24.5 Å². The van der Waals surface area contributed by atoms with Crippen molar-refractivity contribution in [3.63, 3.8) is 0 Å². The first-order valence-electron chi connectivity index (χ1n) is 14.3. The molecule has 4 aromatic rings. The Morgan fingerprint density at radius 3 is 2.54 bits per heavy atom. The number of alkyl carbamates (subject to hydrolysis) is 1. The van der Waals surface area contributed by atoms with Crippen LogP contribution in [-0.4, -0.2) is 76.6 Å². The fourth-order valence-electron chi connectivity index (χ4n) is 4.52.